The minimum atomic E-state index is -0.901. The number of fused-ring (bicyclic) bond motifs is 3. The summed E-state index contributed by atoms with van der Waals surface area (Å²) in [7, 11) is 0.459. The minimum Gasteiger partial charge on any atom is -0.427 e. The second-order valence-corrected chi connectivity index (χ2v) is 6.87. The zero-order valence-electron chi connectivity index (χ0n) is 13.6. The van der Waals surface area contributed by atoms with Crippen LogP contribution in [0.1, 0.15) is 27.7 Å². The molecule has 0 saturated carbocycles. The Kier molecular flexibility index (Phi) is 3.54. The van der Waals surface area contributed by atoms with Gasteiger partial charge in [0, 0.05) is 21.8 Å². The van der Waals surface area contributed by atoms with Gasteiger partial charge >= 0.3 is 7.48 Å². The predicted octanol–water partition coefficient (Wildman–Crippen LogP) is 2.86. The zero-order chi connectivity index (χ0) is 16.0. The van der Waals surface area contributed by atoms with E-state index in [-0.39, 0.29) is 0 Å². The van der Waals surface area contributed by atoms with E-state index < -0.39 is 11.2 Å². The molecule has 0 fully saturated rings. The molecule has 1 aromatic heterocycles. The average Bonchev–Trinajstić information content (AvgIpc) is 2.83. The Morgan fingerprint density at radius 3 is 2.36 bits per heavy atom. The number of aromatic amines is 1. The summed E-state index contributed by atoms with van der Waals surface area (Å²) in [6.45, 7) is 7.38. The van der Waals surface area contributed by atoms with E-state index in [1.165, 1.54) is 10.8 Å². The van der Waals surface area contributed by atoms with Crippen LogP contribution in [0, 0.1) is 0 Å². The van der Waals surface area contributed by atoms with Gasteiger partial charge in [-0.2, -0.15) is 0 Å². The van der Waals surface area contributed by atoms with E-state index in [1.807, 2.05) is 19.9 Å². The van der Waals surface area contributed by atoms with Crippen molar-refractivity contribution in [3.8, 4) is 0 Å². The first-order valence-electron chi connectivity index (χ1n) is 7.64. The van der Waals surface area contributed by atoms with Gasteiger partial charge in [-0.25, -0.2) is 0 Å². The Morgan fingerprint density at radius 2 is 1.64 bits per heavy atom. The van der Waals surface area contributed by atoms with Crippen molar-refractivity contribution < 1.29 is 9.76 Å². The van der Waals surface area contributed by atoms with E-state index >= 15 is 0 Å². The molecule has 4 heteroatoms. The van der Waals surface area contributed by atoms with Crippen LogP contribution >= 0.6 is 0 Å². The molecule has 0 amide bonds. The van der Waals surface area contributed by atoms with Crippen molar-refractivity contribution in [1.82, 2.24) is 4.98 Å². The summed E-state index contributed by atoms with van der Waals surface area (Å²) in [5.41, 5.74) is 1.82. The van der Waals surface area contributed by atoms with Crippen LogP contribution in [0.2, 0.25) is 0 Å². The number of aliphatic hydroxyl groups is 1. The highest BCUT2D eigenvalue weighted by Gasteiger charge is 2.35. The van der Waals surface area contributed by atoms with Crippen molar-refractivity contribution in [3.63, 3.8) is 0 Å². The molecule has 1 heterocycles. The number of hydrogen-bond donors (Lipinski definition) is 2. The van der Waals surface area contributed by atoms with E-state index in [1.54, 1.807) is 13.8 Å². The van der Waals surface area contributed by atoms with Crippen molar-refractivity contribution in [3.05, 3.63) is 42.5 Å². The summed E-state index contributed by atoms with van der Waals surface area (Å²) in [5, 5.41) is 12.6. The molecule has 3 nitrogen and oxygen atoms in total. The third kappa shape index (κ3) is 2.53. The highest BCUT2D eigenvalue weighted by atomic mass is 16.5. The number of para-hydroxylation sites is 2. The monoisotopic (exact) mass is 295 g/mol. The normalized spacial score (nSPS) is 13.0. The summed E-state index contributed by atoms with van der Waals surface area (Å²) in [5.74, 6) is 0. The molecular formula is C18H22BNO2. The molecule has 0 unspecified atom stereocenters. The van der Waals surface area contributed by atoms with Crippen LogP contribution in [-0.4, -0.2) is 28.8 Å². The Bertz CT molecular complexity index is 815. The van der Waals surface area contributed by atoms with Crippen LogP contribution < -0.4 is 5.46 Å². The fraction of sp³-hybridized carbons (Fsp3) is 0.333. The quantitative estimate of drug-likeness (QED) is 0.727. The molecule has 3 aromatic rings. The fourth-order valence-electron chi connectivity index (χ4n) is 2.49. The molecule has 0 bridgehead atoms. The third-order valence-electron chi connectivity index (χ3n) is 4.69. The van der Waals surface area contributed by atoms with Crippen molar-refractivity contribution >= 4 is 34.8 Å². The van der Waals surface area contributed by atoms with Crippen LogP contribution in [0.15, 0.2) is 42.5 Å². The summed E-state index contributed by atoms with van der Waals surface area (Å²) in [6.07, 6.45) is 0. The van der Waals surface area contributed by atoms with Gasteiger partial charge < -0.3 is 14.7 Å². The van der Waals surface area contributed by atoms with Crippen molar-refractivity contribution in [2.75, 3.05) is 0 Å². The first kappa shape index (κ1) is 15.1. The van der Waals surface area contributed by atoms with Gasteiger partial charge in [0.25, 0.3) is 0 Å². The smallest absolute Gasteiger partial charge is 0.311 e. The van der Waals surface area contributed by atoms with Gasteiger partial charge in [0.05, 0.1) is 11.2 Å². The largest absolute Gasteiger partial charge is 0.427 e. The van der Waals surface area contributed by atoms with Gasteiger partial charge in [-0.05, 0) is 39.2 Å². The number of hydrogen-bond acceptors (Lipinski definition) is 2. The maximum Gasteiger partial charge on any atom is 0.311 e. The van der Waals surface area contributed by atoms with E-state index in [0.29, 0.717) is 7.48 Å². The molecule has 0 aliphatic heterocycles. The third-order valence-corrected chi connectivity index (χ3v) is 4.69. The molecule has 0 atom stereocenters. The second-order valence-electron chi connectivity index (χ2n) is 6.87. The van der Waals surface area contributed by atoms with Crippen LogP contribution in [0.5, 0.6) is 0 Å². The first-order chi connectivity index (χ1) is 10.3. The van der Waals surface area contributed by atoms with E-state index in [4.69, 9.17) is 4.65 Å². The number of H-pyrrole nitrogens is 1. The lowest BCUT2D eigenvalue weighted by molar-refractivity contribution is -0.0893. The summed E-state index contributed by atoms with van der Waals surface area (Å²) < 4.78 is 6.01. The van der Waals surface area contributed by atoms with Gasteiger partial charge in [-0.15, -0.1) is 0 Å². The van der Waals surface area contributed by atoms with Crippen molar-refractivity contribution in [2.24, 2.45) is 0 Å². The van der Waals surface area contributed by atoms with Gasteiger partial charge in [0.15, 0.2) is 0 Å². The summed E-state index contributed by atoms with van der Waals surface area (Å²) in [6, 6.07) is 14.5. The molecule has 3 rings (SSSR count). The lowest BCUT2D eigenvalue weighted by atomic mass is 9.82. The molecule has 2 N–H and O–H groups in total. The van der Waals surface area contributed by atoms with Crippen LogP contribution in [0.25, 0.3) is 21.8 Å². The maximum absolute atomic E-state index is 10.2. The lowest BCUT2D eigenvalue weighted by Crippen LogP contribution is -2.49. The number of aromatic nitrogens is 1. The van der Waals surface area contributed by atoms with E-state index in [0.717, 1.165) is 16.5 Å². The second kappa shape index (κ2) is 5.15. The molecule has 0 radical (unpaired) electrons. The van der Waals surface area contributed by atoms with Gasteiger partial charge in [0.1, 0.15) is 0 Å². The molecule has 0 aliphatic rings. The minimum absolute atomic E-state index is 0.459. The molecule has 0 aliphatic carbocycles. The zero-order valence-corrected chi connectivity index (χ0v) is 13.6. The summed E-state index contributed by atoms with van der Waals surface area (Å²) in [4.78, 5) is 3.48. The predicted molar refractivity (Wildman–Crippen MR) is 94.0 cm³/mol. The molecule has 0 saturated heterocycles. The van der Waals surface area contributed by atoms with Crippen LogP contribution in [0.3, 0.4) is 0 Å². The lowest BCUT2D eigenvalue weighted by Gasteiger charge is -2.37. The topological polar surface area (TPSA) is 45.2 Å². The molecule has 114 valence electrons. The average molecular weight is 295 g/mol. The Labute approximate surface area is 131 Å². The number of rotatable bonds is 4. The van der Waals surface area contributed by atoms with Crippen LogP contribution in [0.4, 0.5) is 0 Å². The van der Waals surface area contributed by atoms with Gasteiger partial charge in [-0.3, -0.25) is 0 Å². The Morgan fingerprint density at radius 1 is 0.955 bits per heavy atom. The van der Waals surface area contributed by atoms with Gasteiger partial charge in [0.2, 0.25) is 0 Å². The molecule has 0 spiro atoms. The van der Waals surface area contributed by atoms with E-state index in [9.17, 15) is 5.11 Å². The number of nitrogens with one attached hydrogen (secondary N) is 1. The molecular weight excluding hydrogens is 273 g/mol. The Balaban J connectivity index is 1.98. The fourth-order valence-corrected chi connectivity index (χ4v) is 2.49. The Hall–Kier alpha value is -1.78. The highest BCUT2D eigenvalue weighted by molar-refractivity contribution is 6.51. The van der Waals surface area contributed by atoms with Crippen molar-refractivity contribution in [1.29, 1.82) is 0 Å². The van der Waals surface area contributed by atoms with Crippen LogP contribution in [-0.2, 0) is 4.65 Å². The maximum atomic E-state index is 10.2. The highest BCUT2D eigenvalue weighted by Crippen LogP contribution is 2.26. The summed E-state index contributed by atoms with van der Waals surface area (Å²) >= 11 is 0. The van der Waals surface area contributed by atoms with Gasteiger partial charge in [-0.1, -0.05) is 36.4 Å². The van der Waals surface area contributed by atoms with E-state index in [2.05, 4.69) is 41.4 Å². The first-order valence-corrected chi connectivity index (χ1v) is 7.64. The van der Waals surface area contributed by atoms with Crippen molar-refractivity contribution in [2.45, 2.75) is 38.9 Å². The standard InChI is InChI=1S/C18H22BNO2/c1-17(2,21)18(3,4)22-19-14-10-7-9-13-12-8-5-6-11-15(12)20-16(13)14/h5-11,19-21H,1-4H3. The molecule has 22 heavy (non-hydrogen) atoms. The SMILES string of the molecule is CC(C)(O)C(C)(C)OBc1cccc2c1[nH]c1ccccc12. The molecule has 2 aromatic carbocycles. The number of benzene rings is 2.